The van der Waals surface area contributed by atoms with Gasteiger partial charge in [-0.1, -0.05) is 36.0 Å². The van der Waals surface area contributed by atoms with E-state index in [1.807, 2.05) is 35.9 Å². The van der Waals surface area contributed by atoms with Crippen LogP contribution in [-0.2, 0) is 11.8 Å². The molecular weight excluding hydrogens is 354 g/mol. The SMILES string of the molecule is Cn1c(SCC(=O)NN=Cc2cccc([N+](=O)[O-])c2)nc2ccccc21. The monoisotopic (exact) mass is 369 g/mol. The molecule has 3 rings (SSSR count). The van der Waals surface area contributed by atoms with Crippen molar-refractivity contribution in [2.45, 2.75) is 5.16 Å². The molecule has 1 heterocycles. The predicted octanol–water partition coefficient (Wildman–Crippen LogP) is 2.72. The van der Waals surface area contributed by atoms with Crippen molar-refractivity contribution in [1.29, 1.82) is 0 Å². The predicted molar refractivity (Wildman–Crippen MR) is 100 cm³/mol. The number of benzene rings is 2. The van der Waals surface area contributed by atoms with Gasteiger partial charge in [-0.2, -0.15) is 5.10 Å². The Kier molecular flexibility index (Phi) is 5.28. The standard InChI is InChI=1S/C17H15N5O3S/c1-21-15-8-3-2-7-14(15)19-17(21)26-11-16(23)20-18-10-12-5-4-6-13(9-12)22(24)25/h2-10H,11H2,1H3,(H,20,23). The number of hydrazone groups is 1. The third-order valence-electron chi connectivity index (χ3n) is 3.56. The average Bonchev–Trinajstić information content (AvgIpc) is 2.96. The number of nitrogens with one attached hydrogen (secondary N) is 1. The molecular formula is C17H15N5O3S. The van der Waals surface area contributed by atoms with E-state index < -0.39 is 4.92 Å². The number of nitro groups is 1. The van der Waals surface area contributed by atoms with Crippen LogP contribution in [0.4, 0.5) is 5.69 Å². The van der Waals surface area contributed by atoms with E-state index in [9.17, 15) is 14.9 Å². The van der Waals surface area contributed by atoms with Crippen molar-refractivity contribution in [2.75, 3.05) is 5.75 Å². The van der Waals surface area contributed by atoms with Gasteiger partial charge >= 0.3 is 0 Å². The fourth-order valence-corrected chi connectivity index (χ4v) is 3.09. The zero-order valence-electron chi connectivity index (χ0n) is 13.8. The molecule has 0 unspecified atom stereocenters. The van der Waals surface area contributed by atoms with Gasteiger partial charge in [0.25, 0.3) is 11.6 Å². The van der Waals surface area contributed by atoms with Crippen molar-refractivity contribution in [3.8, 4) is 0 Å². The number of thioether (sulfide) groups is 1. The minimum atomic E-state index is -0.483. The molecule has 132 valence electrons. The van der Waals surface area contributed by atoms with Crippen molar-refractivity contribution >= 4 is 40.6 Å². The van der Waals surface area contributed by atoms with Gasteiger partial charge in [0, 0.05) is 24.7 Å². The summed E-state index contributed by atoms with van der Waals surface area (Å²) in [4.78, 5) is 26.6. The number of nitro benzene ring substituents is 1. The largest absolute Gasteiger partial charge is 0.322 e. The third-order valence-corrected chi connectivity index (χ3v) is 4.59. The number of non-ortho nitro benzene ring substituents is 1. The maximum absolute atomic E-state index is 11.9. The Balaban J connectivity index is 1.56. The van der Waals surface area contributed by atoms with E-state index in [1.54, 1.807) is 12.1 Å². The molecule has 1 N–H and O–H groups in total. The molecule has 0 radical (unpaired) electrons. The summed E-state index contributed by atoms with van der Waals surface area (Å²) in [5.74, 6) is -0.132. The molecule has 3 aromatic rings. The molecule has 8 nitrogen and oxygen atoms in total. The second-order valence-corrected chi connectivity index (χ2v) is 6.32. The number of rotatable bonds is 6. The molecule has 0 atom stereocenters. The Morgan fingerprint density at radius 2 is 2.15 bits per heavy atom. The van der Waals surface area contributed by atoms with Crippen LogP contribution in [0.1, 0.15) is 5.56 Å². The van der Waals surface area contributed by atoms with E-state index in [2.05, 4.69) is 15.5 Å². The number of aryl methyl sites for hydroxylation is 1. The lowest BCUT2D eigenvalue weighted by molar-refractivity contribution is -0.384. The number of hydrogen-bond donors (Lipinski definition) is 1. The van der Waals surface area contributed by atoms with Crippen molar-refractivity contribution in [1.82, 2.24) is 15.0 Å². The molecule has 0 saturated carbocycles. The van der Waals surface area contributed by atoms with Gasteiger partial charge < -0.3 is 4.57 Å². The lowest BCUT2D eigenvalue weighted by Gasteiger charge is -2.01. The van der Waals surface area contributed by atoms with Crippen molar-refractivity contribution < 1.29 is 9.72 Å². The topological polar surface area (TPSA) is 102 Å². The summed E-state index contributed by atoms with van der Waals surface area (Å²) in [7, 11) is 1.90. The number of para-hydroxylation sites is 2. The fourth-order valence-electron chi connectivity index (χ4n) is 2.31. The molecule has 0 fully saturated rings. The van der Waals surface area contributed by atoms with E-state index in [-0.39, 0.29) is 17.3 Å². The van der Waals surface area contributed by atoms with Crippen LogP contribution in [0.5, 0.6) is 0 Å². The number of aromatic nitrogens is 2. The van der Waals surface area contributed by atoms with Gasteiger partial charge in [-0.25, -0.2) is 10.4 Å². The highest BCUT2D eigenvalue weighted by atomic mass is 32.2. The van der Waals surface area contributed by atoms with E-state index in [1.165, 1.54) is 30.1 Å². The molecule has 0 spiro atoms. The number of fused-ring (bicyclic) bond motifs is 1. The highest BCUT2D eigenvalue weighted by Gasteiger charge is 2.10. The third kappa shape index (κ3) is 4.06. The van der Waals surface area contributed by atoms with Gasteiger partial charge in [0.1, 0.15) is 0 Å². The fraction of sp³-hybridized carbons (Fsp3) is 0.118. The number of nitrogens with zero attached hydrogens (tertiary/aromatic N) is 4. The van der Waals surface area contributed by atoms with Gasteiger partial charge in [-0.15, -0.1) is 0 Å². The second kappa shape index (κ2) is 7.79. The van der Waals surface area contributed by atoms with Gasteiger partial charge in [-0.05, 0) is 12.1 Å². The molecule has 0 aliphatic carbocycles. The second-order valence-electron chi connectivity index (χ2n) is 5.38. The maximum atomic E-state index is 11.9. The van der Waals surface area contributed by atoms with Crippen molar-refractivity contribution in [3.63, 3.8) is 0 Å². The Morgan fingerprint density at radius 1 is 1.35 bits per heavy atom. The Bertz CT molecular complexity index is 999. The first-order valence-corrected chi connectivity index (χ1v) is 8.64. The molecule has 0 bridgehead atoms. The summed E-state index contributed by atoms with van der Waals surface area (Å²) >= 11 is 1.31. The van der Waals surface area contributed by atoms with Crippen molar-refractivity contribution in [2.24, 2.45) is 12.1 Å². The summed E-state index contributed by atoms with van der Waals surface area (Å²) < 4.78 is 1.93. The first kappa shape index (κ1) is 17.6. The lowest BCUT2D eigenvalue weighted by Crippen LogP contribution is -2.19. The van der Waals surface area contributed by atoms with Crippen LogP contribution in [0, 0.1) is 10.1 Å². The minimum absolute atomic E-state index is 0.0299. The summed E-state index contributed by atoms with van der Waals surface area (Å²) in [5, 5.41) is 15.3. The van der Waals surface area contributed by atoms with Crippen LogP contribution in [0.2, 0.25) is 0 Å². The normalized spacial score (nSPS) is 11.1. The van der Waals surface area contributed by atoms with Gasteiger partial charge in [0.2, 0.25) is 0 Å². The smallest absolute Gasteiger partial charge is 0.270 e. The molecule has 1 amide bonds. The molecule has 1 aromatic heterocycles. The number of amides is 1. The molecule has 0 aliphatic heterocycles. The average molecular weight is 369 g/mol. The maximum Gasteiger partial charge on any atom is 0.270 e. The summed E-state index contributed by atoms with van der Waals surface area (Å²) in [6, 6.07) is 13.7. The van der Waals surface area contributed by atoms with Gasteiger partial charge in [0.05, 0.1) is 27.9 Å². The number of carbonyl (C=O) groups is 1. The summed E-state index contributed by atoms with van der Waals surface area (Å²) in [5.41, 5.74) is 4.78. The summed E-state index contributed by atoms with van der Waals surface area (Å²) in [6.45, 7) is 0. The Labute approximate surface area is 153 Å². The molecule has 26 heavy (non-hydrogen) atoms. The van der Waals surface area contributed by atoms with E-state index in [0.717, 1.165) is 16.2 Å². The van der Waals surface area contributed by atoms with Crippen LogP contribution >= 0.6 is 11.8 Å². The van der Waals surface area contributed by atoms with Gasteiger partial charge in [-0.3, -0.25) is 14.9 Å². The van der Waals surface area contributed by atoms with E-state index in [4.69, 9.17) is 0 Å². The van der Waals surface area contributed by atoms with Crippen LogP contribution in [0.15, 0.2) is 58.8 Å². The lowest BCUT2D eigenvalue weighted by atomic mass is 10.2. The first-order chi connectivity index (χ1) is 12.5. The quantitative estimate of drug-likeness (QED) is 0.311. The number of imidazole rings is 1. The molecule has 0 aliphatic rings. The zero-order valence-corrected chi connectivity index (χ0v) is 14.6. The highest BCUT2D eigenvalue weighted by molar-refractivity contribution is 7.99. The molecule has 2 aromatic carbocycles. The number of carbonyl (C=O) groups excluding carboxylic acids is 1. The van der Waals surface area contributed by atoms with Crippen LogP contribution < -0.4 is 5.43 Å². The minimum Gasteiger partial charge on any atom is -0.322 e. The zero-order chi connectivity index (χ0) is 18.5. The van der Waals surface area contributed by atoms with Crippen molar-refractivity contribution in [3.05, 3.63) is 64.2 Å². The Morgan fingerprint density at radius 3 is 2.92 bits per heavy atom. The molecule has 0 saturated heterocycles. The molecule has 9 heteroatoms. The summed E-state index contributed by atoms with van der Waals surface area (Å²) in [6.07, 6.45) is 1.37. The van der Waals surface area contributed by atoms with Gasteiger partial charge in [0.15, 0.2) is 5.16 Å². The van der Waals surface area contributed by atoms with E-state index in [0.29, 0.717) is 5.56 Å². The van der Waals surface area contributed by atoms with E-state index >= 15 is 0 Å². The van der Waals surface area contributed by atoms with Crippen LogP contribution in [0.25, 0.3) is 11.0 Å². The highest BCUT2D eigenvalue weighted by Crippen LogP contribution is 2.22. The first-order valence-electron chi connectivity index (χ1n) is 7.65. The van der Waals surface area contributed by atoms with Crippen LogP contribution in [-0.4, -0.2) is 32.3 Å². The number of hydrogen-bond acceptors (Lipinski definition) is 6. The Hall–Kier alpha value is -3.20. The van der Waals surface area contributed by atoms with Crippen LogP contribution in [0.3, 0.4) is 0 Å².